The van der Waals surface area contributed by atoms with E-state index in [1.807, 2.05) is 0 Å². The van der Waals surface area contributed by atoms with Crippen LogP contribution < -0.4 is 25.4 Å². The minimum Gasteiger partial charge on any atom is -0.497 e. The third-order valence-electron chi connectivity index (χ3n) is 3.60. The lowest BCUT2D eigenvalue weighted by Crippen LogP contribution is -2.19. The van der Waals surface area contributed by atoms with Crippen LogP contribution in [0, 0.1) is 0 Å². The van der Waals surface area contributed by atoms with E-state index < -0.39 is 6.03 Å². The first-order valence-corrected chi connectivity index (χ1v) is 7.31. The van der Waals surface area contributed by atoms with Gasteiger partial charge in [0.2, 0.25) is 5.91 Å². The quantitative estimate of drug-likeness (QED) is 0.805. The molecule has 0 spiro atoms. The van der Waals surface area contributed by atoms with Crippen LogP contribution >= 0.6 is 0 Å². The summed E-state index contributed by atoms with van der Waals surface area (Å²) in [6.07, 6.45) is 0.319. The van der Waals surface area contributed by atoms with E-state index in [4.69, 9.17) is 9.47 Å². The molecular weight excluding hydrogens is 310 g/mol. The molecule has 0 bridgehead atoms. The molecule has 0 fully saturated rings. The fourth-order valence-corrected chi connectivity index (χ4v) is 2.48. The van der Waals surface area contributed by atoms with Gasteiger partial charge in [-0.25, -0.2) is 4.79 Å². The molecule has 0 radical (unpaired) electrons. The summed E-state index contributed by atoms with van der Waals surface area (Å²) in [6, 6.07) is 9.97. The maximum absolute atomic E-state index is 12.2. The second-order valence-corrected chi connectivity index (χ2v) is 5.28. The Kier molecular flexibility index (Phi) is 4.24. The second-order valence-electron chi connectivity index (χ2n) is 5.28. The van der Waals surface area contributed by atoms with Gasteiger partial charge in [0.05, 0.1) is 20.6 Å². The number of urea groups is 1. The van der Waals surface area contributed by atoms with Gasteiger partial charge in [0.25, 0.3) is 0 Å². The molecule has 0 saturated heterocycles. The molecule has 3 N–H and O–H groups in total. The molecule has 0 aliphatic carbocycles. The first-order chi connectivity index (χ1) is 11.6. The SMILES string of the molecule is COc1cc(NC(=O)Nc2ccc3c(c2)CC(=O)N3)cc(OC)c1. The van der Waals surface area contributed by atoms with Gasteiger partial charge >= 0.3 is 6.03 Å². The molecule has 7 nitrogen and oxygen atoms in total. The van der Waals surface area contributed by atoms with Crippen LogP contribution in [0.2, 0.25) is 0 Å². The fraction of sp³-hybridized carbons (Fsp3) is 0.176. The summed E-state index contributed by atoms with van der Waals surface area (Å²) in [4.78, 5) is 23.5. The smallest absolute Gasteiger partial charge is 0.323 e. The number of carbonyl (C=O) groups is 2. The van der Waals surface area contributed by atoms with Gasteiger partial charge in [-0.1, -0.05) is 0 Å². The Morgan fingerprint density at radius 1 is 1.00 bits per heavy atom. The lowest BCUT2D eigenvalue weighted by atomic mass is 10.1. The highest BCUT2D eigenvalue weighted by Gasteiger charge is 2.17. The van der Waals surface area contributed by atoms with Crippen molar-refractivity contribution in [1.82, 2.24) is 0 Å². The van der Waals surface area contributed by atoms with Crippen molar-refractivity contribution in [3.8, 4) is 11.5 Å². The van der Waals surface area contributed by atoms with Crippen molar-refractivity contribution in [3.05, 3.63) is 42.0 Å². The van der Waals surface area contributed by atoms with E-state index in [1.165, 1.54) is 0 Å². The predicted molar refractivity (Wildman–Crippen MR) is 91.0 cm³/mol. The number of methoxy groups -OCH3 is 2. The Labute approximate surface area is 139 Å². The third-order valence-corrected chi connectivity index (χ3v) is 3.60. The standard InChI is InChI=1S/C17H17N3O4/c1-23-13-7-12(8-14(9-13)24-2)19-17(22)18-11-3-4-15-10(5-11)6-16(21)20-15/h3-5,7-9H,6H2,1-2H3,(H,20,21)(H2,18,19,22). The highest BCUT2D eigenvalue weighted by Crippen LogP contribution is 2.27. The summed E-state index contributed by atoms with van der Waals surface area (Å²) in [7, 11) is 3.08. The number of carbonyl (C=O) groups excluding carboxylic acids is 2. The molecule has 0 saturated carbocycles. The van der Waals surface area contributed by atoms with Crippen LogP contribution in [0.15, 0.2) is 36.4 Å². The van der Waals surface area contributed by atoms with E-state index in [1.54, 1.807) is 50.6 Å². The minimum absolute atomic E-state index is 0.0462. The van der Waals surface area contributed by atoms with Crippen molar-refractivity contribution >= 4 is 29.0 Å². The lowest BCUT2D eigenvalue weighted by Gasteiger charge is -2.11. The van der Waals surface area contributed by atoms with E-state index in [0.717, 1.165) is 11.3 Å². The van der Waals surface area contributed by atoms with Crippen molar-refractivity contribution in [2.24, 2.45) is 0 Å². The topological polar surface area (TPSA) is 88.7 Å². The van der Waals surface area contributed by atoms with Gasteiger partial charge in [0.1, 0.15) is 11.5 Å². The average Bonchev–Trinajstić information content (AvgIpc) is 2.93. The zero-order valence-corrected chi connectivity index (χ0v) is 13.3. The van der Waals surface area contributed by atoms with Crippen molar-refractivity contribution in [2.45, 2.75) is 6.42 Å². The van der Waals surface area contributed by atoms with Crippen LogP contribution in [-0.2, 0) is 11.2 Å². The summed E-state index contributed by atoms with van der Waals surface area (Å²) < 4.78 is 10.3. The largest absolute Gasteiger partial charge is 0.497 e. The Balaban J connectivity index is 1.70. The molecule has 0 unspecified atom stereocenters. The van der Waals surface area contributed by atoms with Crippen LogP contribution in [0.3, 0.4) is 0 Å². The number of anilines is 3. The third kappa shape index (κ3) is 3.40. The fourth-order valence-electron chi connectivity index (χ4n) is 2.48. The predicted octanol–water partition coefficient (Wildman–Crippen LogP) is 2.84. The Bertz CT molecular complexity index is 782. The number of fused-ring (bicyclic) bond motifs is 1. The molecule has 2 aromatic rings. The Hall–Kier alpha value is -3.22. The number of ether oxygens (including phenoxy) is 2. The van der Waals surface area contributed by atoms with Crippen LogP contribution in [0.4, 0.5) is 21.9 Å². The van der Waals surface area contributed by atoms with Gasteiger partial charge < -0.3 is 25.4 Å². The van der Waals surface area contributed by atoms with Gasteiger partial charge in [-0.15, -0.1) is 0 Å². The van der Waals surface area contributed by atoms with Crippen molar-refractivity contribution in [3.63, 3.8) is 0 Å². The Morgan fingerprint density at radius 2 is 1.67 bits per heavy atom. The average molecular weight is 327 g/mol. The number of hydrogen-bond acceptors (Lipinski definition) is 4. The maximum Gasteiger partial charge on any atom is 0.323 e. The lowest BCUT2D eigenvalue weighted by molar-refractivity contribution is -0.115. The Morgan fingerprint density at radius 3 is 2.33 bits per heavy atom. The molecule has 2 aromatic carbocycles. The van der Waals surface area contributed by atoms with Gasteiger partial charge in [-0.3, -0.25) is 4.79 Å². The number of rotatable bonds is 4. The summed E-state index contributed by atoms with van der Waals surface area (Å²) in [5.41, 5.74) is 2.80. The molecule has 1 aliphatic rings. The molecular formula is C17H17N3O4. The van der Waals surface area contributed by atoms with E-state index in [9.17, 15) is 9.59 Å². The highest BCUT2D eigenvalue weighted by molar-refractivity contribution is 6.02. The molecule has 0 atom stereocenters. The normalized spacial score (nSPS) is 12.2. The van der Waals surface area contributed by atoms with Crippen molar-refractivity contribution in [1.29, 1.82) is 0 Å². The summed E-state index contributed by atoms with van der Waals surface area (Å²) in [6.45, 7) is 0. The first-order valence-electron chi connectivity index (χ1n) is 7.31. The van der Waals surface area contributed by atoms with Gasteiger partial charge in [0.15, 0.2) is 0 Å². The molecule has 3 rings (SSSR count). The monoisotopic (exact) mass is 327 g/mol. The van der Waals surface area contributed by atoms with E-state index in [2.05, 4.69) is 16.0 Å². The molecule has 1 aliphatic heterocycles. The summed E-state index contributed by atoms with van der Waals surface area (Å²) in [5, 5.41) is 8.21. The second kappa shape index (κ2) is 6.49. The summed E-state index contributed by atoms with van der Waals surface area (Å²) in [5.74, 6) is 1.11. The number of nitrogens with one attached hydrogen (secondary N) is 3. The molecule has 7 heteroatoms. The van der Waals surface area contributed by atoms with Crippen LogP contribution in [0.1, 0.15) is 5.56 Å². The van der Waals surface area contributed by atoms with E-state index in [-0.39, 0.29) is 5.91 Å². The van der Waals surface area contributed by atoms with Gasteiger partial charge in [-0.05, 0) is 23.8 Å². The number of hydrogen-bond donors (Lipinski definition) is 3. The van der Waals surface area contributed by atoms with Crippen LogP contribution in [-0.4, -0.2) is 26.2 Å². The molecule has 24 heavy (non-hydrogen) atoms. The first kappa shape index (κ1) is 15.7. The minimum atomic E-state index is -0.400. The molecule has 124 valence electrons. The van der Waals surface area contributed by atoms with Crippen LogP contribution in [0.5, 0.6) is 11.5 Å². The van der Waals surface area contributed by atoms with Crippen molar-refractivity contribution in [2.75, 3.05) is 30.2 Å². The van der Waals surface area contributed by atoms with E-state index >= 15 is 0 Å². The maximum atomic E-state index is 12.2. The van der Waals surface area contributed by atoms with Crippen LogP contribution in [0.25, 0.3) is 0 Å². The zero-order valence-electron chi connectivity index (χ0n) is 13.3. The van der Waals surface area contributed by atoms with E-state index in [0.29, 0.717) is 29.3 Å². The molecule has 1 heterocycles. The number of amides is 3. The highest BCUT2D eigenvalue weighted by atomic mass is 16.5. The number of benzene rings is 2. The molecule has 0 aromatic heterocycles. The zero-order chi connectivity index (χ0) is 17.1. The van der Waals surface area contributed by atoms with Crippen molar-refractivity contribution < 1.29 is 19.1 Å². The van der Waals surface area contributed by atoms with Gasteiger partial charge in [-0.2, -0.15) is 0 Å². The molecule has 3 amide bonds. The van der Waals surface area contributed by atoms with Gasteiger partial charge in [0, 0.05) is 35.3 Å². The summed E-state index contributed by atoms with van der Waals surface area (Å²) >= 11 is 0.